The lowest BCUT2D eigenvalue weighted by molar-refractivity contribution is -0.0292. The molecule has 0 spiro atoms. The first-order valence-electron chi connectivity index (χ1n) is 8.23. The Balaban J connectivity index is 1.51. The van der Waals surface area contributed by atoms with Crippen LogP contribution in [0.5, 0.6) is 0 Å². The quantitative estimate of drug-likeness (QED) is 0.905. The summed E-state index contributed by atoms with van der Waals surface area (Å²) in [6, 6.07) is 13.0. The summed E-state index contributed by atoms with van der Waals surface area (Å²) in [5.41, 5.74) is 1.05. The van der Waals surface area contributed by atoms with Gasteiger partial charge in [-0.3, -0.25) is 9.69 Å². The number of nitrogens with zero attached hydrogens (tertiary/aromatic N) is 1. The number of rotatable bonds is 5. The number of halogens is 2. The van der Waals surface area contributed by atoms with Crippen LogP contribution in [0.25, 0.3) is 0 Å². The van der Waals surface area contributed by atoms with Gasteiger partial charge < -0.3 is 10.1 Å². The molecule has 1 N–H and O–H groups in total. The molecule has 0 aromatic heterocycles. The average molecular weight is 346 g/mol. The number of ether oxygens (including phenoxy) is 1. The lowest BCUT2D eigenvalue weighted by Crippen LogP contribution is -2.47. The maximum absolute atomic E-state index is 13.6. The van der Waals surface area contributed by atoms with Gasteiger partial charge in [0.2, 0.25) is 0 Å². The molecule has 0 saturated carbocycles. The van der Waals surface area contributed by atoms with Gasteiger partial charge in [-0.1, -0.05) is 30.3 Å². The molecular weight excluding hydrogens is 326 g/mol. The lowest BCUT2D eigenvalue weighted by atomic mass is 10.1. The normalized spacial score (nSPS) is 18.1. The van der Waals surface area contributed by atoms with Gasteiger partial charge in [0.25, 0.3) is 5.91 Å². The topological polar surface area (TPSA) is 41.6 Å². The number of hydrogen-bond donors (Lipinski definition) is 1. The van der Waals surface area contributed by atoms with E-state index in [1.54, 1.807) is 0 Å². The SMILES string of the molecule is O=C(NCC1CN(Cc2ccccc2)CCO1)c1ccc(F)cc1F. The molecule has 0 bridgehead atoms. The molecule has 2 aromatic carbocycles. The fourth-order valence-electron chi connectivity index (χ4n) is 2.86. The molecule has 0 radical (unpaired) electrons. The van der Waals surface area contributed by atoms with Crippen LogP contribution in [0.4, 0.5) is 8.78 Å². The summed E-state index contributed by atoms with van der Waals surface area (Å²) in [6.45, 7) is 3.19. The van der Waals surface area contributed by atoms with Gasteiger partial charge in [-0.2, -0.15) is 0 Å². The molecule has 132 valence electrons. The summed E-state index contributed by atoms with van der Waals surface area (Å²) in [7, 11) is 0. The van der Waals surface area contributed by atoms with Gasteiger partial charge in [-0.15, -0.1) is 0 Å². The minimum atomic E-state index is -0.868. The summed E-state index contributed by atoms with van der Waals surface area (Å²) >= 11 is 0. The zero-order valence-corrected chi connectivity index (χ0v) is 13.8. The van der Waals surface area contributed by atoms with Crippen LogP contribution in [0.15, 0.2) is 48.5 Å². The first-order chi connectivity index (χ1) is 12.1. The third kappa shape index (κ3) is 4.84. The van der Waals surface area contributed by atoms with Gasteiger partial charge in [0, 0.05) is 32.2 Å². The molecule has 1 unspecified atom stereocenters. The van der Waals surface area contributed by atoms with E-state index >= 15 is 0 Å². The third-order valence-corrected chi connectivity index (χ3v) is 4.14. The highest BCUT2D eigenvalue weighted by Crippen LogP contribution is 2.12. The average Bonchev–Trinajstić information content (AvgIpc) is 2.61. The van der Waals surface area contributed by atoms with Crippen molar-refractivity contribution in [3.63, 3.8) is 0 Å². The first kappa shape index (κ1) is 17.5. The minimum Gasteiger partial charge on any atom is -0.374 e. The molecule has 25 heavy (non-hydrogen) atoms. The van der Waals surface area contributed by atoms with E-state index in [1.807, 2.05) is 18.2 Å². The Bertz CT molecular complexity index is 725. The van der Waals surface area contributed by atoms with Crippen LogP contribution in [-0.2, 0) is 11.3 Å². The van der Waals surface area contributed by atoms with Gasteiger partial charge in [0.1, 0.15) is 11.6 Å². The summed E-state index contributed by atoms with van der Waals surface area (Å²) < 4.78 is 32.2. The molecule has 1 amide bonds. The van der Waals surface area contributed by atoms with Gasteiger partial charge in [-0.25, -0.2) is 8.78 Å². The second-order valence-corrected chi connectivity index (χ2v) is 6.05. The van der Waals surface area contributed by atoms with E-state index in [-0.39, 0.29) is 18.2 Å². The van der Waals surface area contributed by atoms with E-state index in [2.05, 4.69) is 22.3 Å². The summed E-state index contributed by atoms with van der Waals surface area (Å²) in [5, 5.41) is 2.66. The molecule has 3 rings (SSSR count). The predicted octanol–water partition coefficient (Wildman–Crippen LogP) is 2.60. The molecule has 6 heteroatoms. The maximum Gasteiger partial charge on any atom is 0.254 e. The van der Waals surface area contributed by atoms with Crippen LogP contribution in [-0.4, -0.2) is 43.2 Å². The van der Waals surface area contributed by atoms with Crippen molar-refractivity contribution in [3.8, 4) is 0 Å². The number of benzene rings is 2. The number of carbonyl (C=O) groups excluding carboxylic acids is 1. The second-order valence-electron chi connectivity index (χ2n) is 6.05. The van der Waals surface area contributed by atoms with E-state index in [1.165, 1.54) is 5.56 Å². The van der Waals surface area contributed by atoms with Gasteiger partial charge in [0.15, 0.2) is 0 Å². The van der Waals surface area contributed by atoms with Crippen LogP contribution >= 0.6 is 0 Å². The van der Waals surface area contributed by atoms with Crippen molar-refractivity contribution >= 4 is 5.91 Å². The van der Waals surface area contributed by atoms with Gasteiger partial charge in [0.05, 0.1) is 18.3 Å². The highest BCUT2D eigenvalue weighted by atomic mass is 19.1. The Morgan fingerprint density at radius 3 is 2.76 bits per heavy atom. The summed E-state index contributed by atoms with van der Waals surface area (Å²) in [5.74, 6) is -2.14. The Hall–Kier alpha value is -2.31. The number of amides is 1. The van der Waals surface area contributed by atoms with Crippen LogP contribution in [0.2, 0.25) is 0 Å². The molecule has 2 aromatic rings. The smallest absolute Gasteiger partial charge is 0.254 e. The molecule has 1 saturated heterocycles. The molecule has 1 atom stereocenters. The van der Waals surface area contributed by atoms with Crippen molar-refractivity contribution in [1.82, 2.24) is 10.2 Å². The summed E-state index contributed by atoms with van der Waals surface area (Å²) in [6.07, 6.45) is -0.162. The fraction of sp³-hybridized carbons (Fsp3) is 0.316. The maximum atomic E-state index is 13.6. The molecule has 1 fully saturated rings. The summed E-state index contributed by atoms with van der Waals surface area (Å²) in [4.78, 5) is 14.3. The van der Waals surface area contributed by atoms with E-state index in [0.717, 1.165) is 25.2 Å². The largest absolute Gasteiger partial charge is 0.374 e. The van der Waals surface area contributed by atoms with Crippen molar-refractivity contribution in [2.45, 2.75) is 12.6 Å². The Morgan fingerprint density at radius 2 is 2.00 bits per heavy atom. The van der Waals surface area contributed by atoms with Crippen LogP contribution in [0.1, 0.15) is 15.9 Å². The molecule has 1 heterocycles. The van der Waals surface area contributed by atoms with Crippen molar-refractivity contribution in [1.29, 1.82) is 0 Å². The van der Waals surface area contributed by atoms with Crippen LogP contribution in [0.3, 0.4) is 0 Å². The van der Waals surface area contributed by atoms with E-state index < -0.39 is 17.5 Å². The molecule has 1 aliphatic heterocycles. The van der Waals surface area contributed by atoms with Gasteiger partial charge in [-0.05, 0) is 17.7 Å². The first-order valence-corrected chi connectivity index (χ1v) is 8.23. The highest BCUT2D eigenvalue weighted by Gasteiger charge is 2.22. The van der Waals surface area contributed by atoms with Crippen molar-refractivity contribution in [3.05, 3.63) is 71.3 Å². The van der Waals surface area contributed by atoms with Crippen molar-refractivity contribution < 1.29 is 18.3 Å². The van der Waals surface area contributed by atoms with Crippen LogP contribution in [0, 0.1) is 11.6 Å². The number of hydrogen-bond acceptors (Lipinski definition) is 3. The van der Waals surface area contributed by atoms with Crippen molar-refractivity contribution in [2.24, 2.45) is 0 Å². The molecule has 0 aliphatic carbocycles. The standard InChI is InChI=1S/C19H20F2N2O2/c20-15-6-7-17(18(21)10-15)19(24)22-11-16-13-23(8-9-25-16)12-14-4-2-1-3-5-14/h1-7,10,16H,8-9,11-13H2,(H,22,24). The van der Waals surface area contributed by atoms with Gasteiger partial charge >= 0.3 is 0 Å². The third-order valence-electron chi connectivity index (χ3n) is 4.14. The molecular formula is C19H20F2N2O2. The number of carbonyl (C=O) groups is 1. The Morgan fingerprint density at radius 1 is 1.20 bits per heavy atom. The minimum absolute atomic E-state index is 0.162. The van der Waals surface area contributed by atoms with Crippen LogP contribution < -0.4 is 5.32 Å². The molecule has 1 aliphatic rings. The predicted molar refractivity (Wildman–Crippen MR) is 90.2 cm³/mol. The molecule has 4 nitrogen and oxygen atoms in total. The monoisotopic (exact) mass is 346 g/mol. The van der Waals surface area contributed by atoms with Crippen molar-refractivity contribution in [2.75, 3.05) is 26.2 Å². The number of morpholine rings is 1. The van der Waals surface area contributed by atoms with E-state index in [9.17, 15) is 13.6 Å². The number of nitrogens with one attached hydrogen (secondary N) is 1. The Labute approximate surface area is 145 Å². The second kappa shape index (κ2) is 8.18. The zero-order valence-electron chi connectivity index (χ0n) is 13.8. The highest BCUT2D eigenvalue weighted by molar-refractivity contribution is 5.94. The van der Waals surface area contributed by atoms with E-state index in [4.69, 9.17) is 4.74 Å². The lowest BCUT2D eigenvalue weighted by Gasteiger charge is -2.33. The Kier molecular flexibility index (Phi) is 5.73. The fourth-order valence-corrected chi connectivity index (χ4v) is 2.86. The van der Waals surface area contributed by atoms with E-state index in [0.29, 0.717) is 19.2 Å². The zero-order chi connectivity index (χ0) is 17.6.